The second-order valence-corrected chi connectivity index (χ2v) is 4.43. The topological polar surface area (TPSA) is 12.5 Å². The summed E-state index contributed by atoms with van der Waals surface area (Å²) in [6.07, 6.45) is 1.82. The molecule has 0 saturated carbocycles. The fourth-order valence-corrected chi connectivity index (χ4v) is 2.15. The van der Waals surface area contributed by atoms with Gasteiger partial charge in [-0.25, -0.2) is 8.78 Å². The van der Waals surface area contributed by atoms with Crippen LogP contribution in [0.5, 0.6) is 0 Å². The van der Waals surface area contributed by atoms with Gasteiger partial charge in [0.15, 0.2) is 0 Å². The van der Waals surface area contributed by atoms with Gasteiger partial charge >= 0.3 is 0 Å². The van der Waals surface area contributed by atoms with Crippen LogP contribution >= 0.6 is 0 Å². The molecular formula is C13H16F2O. The Morgan fingerprint density at radius 3 is 2.44 bits per heavy atom. The Morgan fingerprint density at radius 1 is 1.31 bits per heavy atom. The quantitative estimate of drug-likeness (QED) is 0.717. The van der Waals surface area contributed by atoms with Crippen LogP contribution in [0.1, 0.15) is 25.8 Å². The van der Waals surface area contributed by atoms with Crippen molar-refractivity contribution in [3.63, 3.8) is 0 Å². The first-order valence-corrected chi connectivity index (χ1v) is 5.71. The van der Waals surface area contributed by atoms with Gasteiger partial charge in [-0.15, -0.1) is 0 Å². The number of ether oxygens (including phenoxy) is 1. The van der Waals surface area contributed by atoms with Crippen LogP contribution in [-0.4, -0.2) is 12.2 Å². The van der Waals surface area contributed by atoms with Crippen molar-refractivity contribution in [3.05, 3.63) is 35.4 Å². The Balaban J connectivity index is 2.04. The lowest BCUT2D eigenvalue weighted by molar-refractivity contribution is 0.320. The average molecular weight is 226 g/mol. The van der Waals surface area contributed by atoms with E-state index in [0.29, 0.717) is 6.42 Å². The van der Waals surface area contributed by atoms with E-state index in [1.54, 1.807) is 0 Å². The van der Waals surface area contributed by atoms with Gasteiger partial charge in [0.2, 0.25) is 0 Å². The number of rotatable bonds is 4. The number of hydrogen-bond acceptors (Lipinski definition) is 1. The molecule has 0 aliphatic carbocycles. The molecule has 3 unspecified atom stereocenters. The third-order valence-corrected chi connectivity index (χ3v) is 3.17. The zero-order valence-corrected chi connectivity index (χ0v) is 9.54. The van der Waals surface area contributed by atoms with Gasteiger partial charge in [0, 0.05) is 5.56 Å². The summed E-state index contributed by atoms with van der Waals surface area (Å²) < 4.78 is 32.2. The lowest BCUT2D eigenvalue weighted by Gasteiger charge is -2.10. The van der Waals surface area contributed by atoms with Crippen molar-refractivity contribution in [3.8, 4) is 0 Å². The Morgan fingerprint density at radius 2 is 1.94 bits per heavy atom. The van der Waals surface area contributed by atoms with Crippen LogP contribution in [-0.2, 0) is 11.2 Å². The second-order valence-electron chi connectivity index (χ2n) is 4.43. The minimum Gasteiger partial charge on any atom is -0.369 e. The van der Waals surface area contributed by atoms with Crippen LogP contribution in [0.25, 0.3) is 0 Å². The fourth-order valence-electron chi connectivity index (χ4n) is 2.15. The van der Waals surface area contributed by atoms with E-state index in [-0.39, 0.29) is 23.7 Å². The van der Waals surface area contributed by atoms with E-state index in [4.69, 9.17) is 4.74 Å². The smallest absolute Gasteiger partial charge is 0.129 e. The molecule has 1 aromatic carbocycles. The van der Waals surface area contributed by atoms with Crippen molar-refractivity contribution < 1.29 is 13.5 Å². The molecular weight excluding hydrogens is 210 g/mol. The minimum atomic E-state index is -0.458. The molecule has 0 radical (unpaired) electrons. The van der Waals surface area contributed by atoms with Crippen LogP contribution < -0.4 is 0 Å². The summed E-state index contributed by atoms with van der Waals surface area (Å²) in [6, 6.07) is 3.99. The maximum Gasteiger partial charge on any atom is 0.129 e. The zero-order valence-electron chi connectivity index (χ0n) is 9.54. The van der Waals surface area contributed by atoms with Crippen LogP contribution in [0, 0.1) is 17.6 Å². The highest BCUT2D eigenvalue weighted by atomic mass is 19.1. The molecule has 0 bridgehead atoms. The van der Waals surface area contributed by atoms with Crippen molar-refractivity contribution in [1.82, 2.24) is 0 Å². The standard InChI is InChI=1S/C13H16F2O/c1-3-12-13(16-12)8(2)7-9-10(14)5-4-6-11(9)15/h4-6,8,12-13H,3,7H2,1-2H3. The third kappa shape index (κ3) is 2.24. The molecule has 3 heteroatoms. The van der Waals surface area contributed by atoms with E-state index >= 15 is 0 Å². The normalized spacial score (nSPS) is 25.5. The second kappa shape index (κ2) is 4.50. The molecule has 1 aromatic rings. The van der Waals surface area contributed by atoms with Crippen LogP contribution in [0.2, 0.25) is 0 Å². The molecule has 3 atom stereocenters. The van der Waals surface area contributed by atoms with E-state index in [0.717, 1.165) is 6.42 Å². The van der Waals surface area contributed by atoms with Crippen LogP contribution in [0.4, 0.5) is 8.78 Å². The molecule has 0 aromatic heterocycles. The molecule has 0 N–H and O–H groups in total. The summed E-state index contributed by atoms with van der Waals surface area (Å²) in [5.74, 6) is -0.752. The first kappa shape index (κ1) is 11.5. The van der Waals surface area contributed by atoms with E-state index in [2.05, 4.69) is 6.92 Å². The maximum absolute atomic E-state index is 13.4. The van der Waals surface area contributed by atoms with Crippen molar-refractivity contribution in [2.45, 2.75) is 38.9 Å². The molecule has 2 rings (SSSR count). The predicted molar refractivity (Wildman–Crippen MR) is 58.2 cm³/mol. The number of epoxide rings is 1. The molecule has 1 aliphatic heterocycles. The molecule has 1 nitrogen and oxygen atoms in total. The summed E-state index contributed by atoms with van der Waals surface area (Å²) in [4.78, 5) is 0. The lowest BCUT2D eigenvalue weighted by atomic mass is 9.95. The van der Waals surface area contributed by atoms with Gasteiger partial charge in [0.25, 0.3) is 0 Å². The molecule has 1 saturated heterocycles. The monoisotopic (exact) mass is 226 g/mol. The van der Waals surface area contributed by atoms with Crippen molar-refractivity contribution in [1.29, 1.82) is 0 Å². The van der Waals surface area contributed by atoms with Crippen molar-refractivity contribution >= 4 is 0 Å². The summed E-state index contributed by atoms with van der Waals surface area (Å²) >= 11 is 0. The highest BCUT2D eigenvalue weighted by molar-refractivity contribution is 5.20. The number of halogens is 2. The highest BCUT2D eigenvalue weighted by Gasteiger charge is 2.41. The first-order chi connectivity index (χ1) is 7.63. The molecule has 1 fully saturated rings. The number of hydrogen-bond donors (Lipinski definition) is 0. The molecule has 1 aliphatic rings. The van der Waals surface area contributed by atoms with E-state index in [1.807, 2.05) is 6.92 Å². The van der Waals surface area contributed by atoms with Gasteiger partial charge in [-0.05, 0) is 30.9 Å². The predicted octanol–water partition coefficient (Wildman–Crippen LogP) is 3.32. The fraction of sp³-hybridized carbons (Fsp3) is 0.538. The van der Waals surface area contributed by atoms with E-state index in [1.165, 1.54) is 18.2 Å². The maximum atomic E-state index is 13.4. The molecule has 0 spiro atoms. The molecule has 0 amide bonds. The third-order valence-electron chi connectivity index (χ3n) is 3.17. The van der Waals surface area contributed by atoms with Crippen molar-refractivity contribution in [2.75, 3.05) is 0 Å². The Bertz CT molecular complexity index is 358. The zero-order chi connectivity index (χ0) is 11.7. The van der Waals surface area contributed by atoms with Gasteiger partial charge in [0.1, 0.15) is 11.6 Å². The van der Waals surface area contributed by atoms with Gasteiger partial charge < -0.3 is 4.74 Å². The summed E-state index contributed by atoms with van der Waals surface area (Å²) in [5, 5.41) is 0. The van der Waals surface area contributed by atoms with Gasteiger partial charge in [-0.1, -0.05) is 19.9 Å². The van der Waals surface area contributed by atoms with Gasteiger partial charge in [0.05, 0.1) is 12.2 Å². The SMILES string of the molecule is CCC1OC1C(C)Cc1c(F)cccc1F. The van der Waals surface area contributed by atoms with Gasteiger partial charge in [-0.3, -0.25) is 0 Å². The Hall–Kier alpha value is -0.960. The van der Waals surface area contributed by atoms with Crippen molar-refractivity contribution in [2.24, 2.45) is 5.92 Å². The van der Waals surface area contributed by atoms with Crippen LogP contribution in [0.3, 0.4) is 0 Å². The molecule has 88 valence electrons. The molecule has 1 heterocycles. The molecule has 16 heavy (non-hydrogen) atoms. The highest BCUT2D eigenvalue weighted by Crippen LogP contribution is 2.34. The minimum absolute atomic E-state index is 0.163. The summed E-state index contributed by atoms with van der Waals surface area (Å²) in [5.41, 5.74) is 0.181. The number of benzene rings is 1. The van der Waals surface area contributed by atoms with Gasteiger partial charge in [-0.2, -0.15) is 0 Å². The first-order valence-electron chi connectivity index (χ1n) is 5.71. The lowest BCUT2D eigenvalue weighted by Crippen LogP contribution is -2.12. The summed E-state index contributed by atoms with van der Waals surface area (Å²) in [7, 11) is 0. The van der Waals surface area contributed by atoms with E-state index < -0.39 is 11.6 Å². The largest absolute Gasteiger partial charge is 0.369 e. The average Bonchev–Trinajstić information content (AvgIpc) is 3.02. The summed E-state index contributed by atoms with van der Waals surface area (Å²) in [6.45, 7) is 4.03. The van der Waals surface area contributed by atoms with Crippen LogP contribution in [0.15, 0.2) is 18.2 Å². The van der Waals surface area contributed by atoms with E-state index in [9.17, 15) is 8.78 Å². The Labute approximate surface area is 94.4 Å². The Kier molecular flexibility index (Phi) is 3.24.